The first kappa shape index (κ1) is 10.8. The zero-order valence-corrected chi connectivity index (χ0v) is 11.0. The molecular weight excluding hydrogens is 208 g/mol. The Kier molecular flexibility index (Phi) is 2.29. The molecule has 1 aliphatic carbocycles. The van der Waals surface area contributed by atoms with E-state index in [1.807, 2.05) is 0 Å². The van der Waals surface area contributed by atoms with Crippen LogP contribution in [0.25, 0.3) is 11.0 Å². The Labute approximate surface area is 103 Å². The van der Waals surface area contributed by atoms with Gasteiger partial charge in [-0.2, -0.15) is 0 Å². The van der Waals surface area contributed by atoms with Gasteiger partial charge in [0.05, 0.1) is 11.0 Å². The standard InChI is InChI=1S/C15H20N2/c1-9(2)14-10(3)15(14)12-5-6-13-11(16-12)7-8-17(13)4/h5-10,14-15H,1-4H3. The molecule has 0 radical (unpaired) electrons. The molecule has 3 unspecified atom stereocenters. The number of nitrogens with zero attached hydrogens (tertiary/aromatic N) is 2. The van der Waals surface area contributed by atoms with Gasteiger partial charge in [-0.05, 0) is 36.0 Å². The summed E-state index contributed by atoms with van der Waals surface area (Å²) < 4.78 is 2.13. The molecule has 0 aliphatic heterocycles. The summed E-state index contributed by atoms with van der Waals surface area (Å²) in [6.45, 7) is 7.00. The van der Waals surface area contributed by atoms with Crippen molar-refractivity contribution in [1.29, 1.82) is 0 Å². The number of rotatable bonds is 2. The van der Waals surface area contributed by atoms with Crippen molar-refractivity contribution in [2.75, 3.05) is 0 Å². The molecule has 3 atom stereocenters. The number of fused-ring (bicyclic) bond motifs is 1. The zero-order chi connectivity index (χ0) is 12.2. The van der Waals surface area contributed by atoms with Crippen molar-refractivity contribution in [3.63, 3.8) is 0 Å². The van der Waals surface area contributed by atoms with E-state index in [0.717, 1.165) is 23.3 Å². The van der Waals surface area contributed by atoms with E-state index in [1.165, 1.54) is 11.2 Å². The van der Waals surface area contributed by atoms with Gasteiger partial charge < -0.3 is 4.57 Å². The Morgan fingerprint density at radius 1 is 1.24 bits per heavy atom. The maximum atomic E-state index is 4.82. The quantitative estimate of drug-likeness (QED) is 0.768. The normalized spacial score (nSPS) is 27.9. The second-order valence-corrected chi connectivity index (χ2v) is 5.77. The predicted octanol–water partition coefficient (Wildman–Crippen LogP) is 3.58. The first-order chi connectivity index (χ1) is 8.09. The van der Waals surface area contributed by atoms with Gasteiger partial charge in [-0.1, -0.05) is 20.8 Å². The summed E-state index contributed by atoms with van der Waals surface area (Å²) in [6, 6.07) is 6.53. The molecule has 2 nitrogen and oxygen atoms in total. The lowest BCUT2D eigenvalue weighted by atomic mass is 10.1. The lowest BCUT2D eigenvalue weighted by Crippen LogP contribution is -1.95. The highest BCUT2D eigenvalue weighted by Gasteiger charge is 2.49. The average Bonchev–Trinajstić information content (AvgIpc) is 2.84. The Morgan fingerprint density at radius 3 is 2.65 bits per heavy atom. The second-order valence-electron chi connectivity index (χ2n) is 5.77. The van der Waals surface area contributed by atoms with E-state index >= 15 is 0 Å². The van der Waals surface area contributed by atoms with Crippen LogP contribution in [-0.2, 0) is 7.05 Å². The minimum Gasteiger partial charge on any atom is -0.349 e. The number of aryl methyl sites for hydroxylation is 1. The minimum atomic E-state index is 0.680. The van der Waals surface area contributed by atoms with E-state index < -0.39 is 0 Å². The molecule has 1 saturated carbocycles. The molecule has 17 heavy (non-hydrogen) atoms. The monoisotopic (exact) mass is 228 g/mol. The SMILES string of the molecule is CC(C)C1C(C)C1c1ccc2c(ccn2C)n1. The third-order valence-corrected chi connectivity index (χ3v) is 4.32. The van der Waals surface area contributed by atoms with Gasteiger partial charge in [0.25, 0.3) is 0 Å². The third-order valence-electron chi connectivity index (χ3n) is 4.32. The first-order valence-corrected chi connectivity index (χ1v) is 6.51. The fraction of sp³-hybridized carbons (Fsp3) is 0.533. The molecule has 0 bridgehead atoms. The van der Waals surface area contributed by atoms with E-state index in [1.54, 1.807) is 0 Å². The second kappa shape index (κ2) is 3.59. The minimum absolute atomic E-state index is 0.680. The van der Waals surface area contributed by atoms with Crippen molar-refractivity contribution in [3.8, 4) is 0 Å². The summed E-state index contributed by atoms with van der Waals surface area (Å²) in [7, 11) is 2.07. The Balaban J connectivity index is 1.97. The van der Waals surface area contributed by atoms with Crippen molar-refractivity contribution < 1.29 is 0 Å². The molecule has 0 N–H and O–H groups in total. The Morgan fingerprint density at radius 2 is 2.00 bits per heavy atom. The van der Waals surface area contributed by atoms with Crippen molar-refractivity contribution in [2.45, 2.75) is 26.7 Å². The van der Waals surface area contributed by atoms with Crippen LogP contribution in [0.15, 0.2) is 24.4 Å². The predicted molar refractivity (Wildman–Crippen MR) is 70.9 cm³/mol. The molecule has 1 fully saturated rings. The molecule has 0 aromatic carbocycles. The van der Waals surface area contributed by atoms with Gasteiger partial charge in [0.2, 0.25) is 0 Å². The summed E-state index contributed by atoms with van der Waals surface area (Å²) in [6.07, 6.45) is 2.08. The molecule has 0 amide bonds. The average molecular weight is 228 g/mol. The summed E-state index contributed by atoms with van der Waals surface area (Å²) in [4.78, 5) is 4.82. The zero-order valence-electron chi connectivity index (χ0n) is 11.0. The number of pyridine rings is 1. The third kappa shape index (κ3) is 1.58. The van der Waals surface area contributed by atoms with Crippen LogP contribution in [0.1, 0.15) is 32.4 Å². The molecule has 2 heteroatoms. The number of hydrogen-bond donors (Lipinski definition) is 0. The van der Waals surface area contributed by atoms with Crippen LogP contribution in [0.2, 0.25) is 0 Å². The van der Waals surface area contributed by atoms with Gasteiger partial charge in [-0.25, -0.2) is 0 Å². The molecule has 3 rings (SSSR count). The molecule has 2 aromatic rings. The molecular formula is C15H20N2. The first-order valence-electron chi connectivity index (χ1n) is 6.51. The van der Waals surface area contributed by atoms with Crippen molar-refractivity contribution in [2.24, 2.45) is 24.8 Å². The molecule has 0 spiro atoms. The van der Waals surface area contributed by atoms with Gasteiger partial charge in [0.15, 0.2) is 0 Å². The highest BCUT2D eigenvalue weighted by molar-refractivity contribution is 5.75. The van der Waals surface area contributed by atoms with Crippen molar-refractivity contribution >= 4 is 11.0 Å². The van der Waals surface area contributed by atoms with Crippen LogP contribution in [0.5, 0.6) is 0 Å². The van der Waals surface area contributed by atoms with Gasteiger partial charge in [-0.3, -0.25) is 4.98 Å². The largest absolute Gasteiger partial charge is 0.349 e. The van der Waals surface area contributed by atoms with E-state index in [0.29, 0.717) is 5.92 Å². The lowest BCUT2D eigenvalue weighted by molar-refractivity contribution is 0.523. The summed E-state index contributed by atoms with van der Waals surface area (Å²) >= 11 is 0. The summed E-state index contributed by atoms with van der Waals surface area (Å²) in [5.74, 6) is 3.07. The van der Waals surface area contributed by atoms with Crippen LogP contribution in [-0.4, -0.2) is 9.55 Å². The van der Waals surface area contributed by atoms with Gasteiger partial charge in [0, 0.05) is 24.9 Å². The van der Waals surface area contributed by atoms with Crippen LogP contribution in [0.3, 0.4) is 0 Å². The van der Waals surface area contributed by atoms with Crippen LogP contribution in [0.4, 0.5) is 0 Å². The Hall–Kier alpha value is -1.31. The van der Waals surface area contributed by atoms with Crippen molar-refractivity contribution in [3.05, 3.63) is 30.1 Å². The van der Waals surface area contributed by atoms with Crippen LogP contribution < -0.4 is 0 Å². The molecule has 90 valence electrons. The Bertz CT molecular complexity index is 553. The summed E-state index contributed by atoms with van der Waals surface area (Å²) in [5, 5.41) is 0. The molecule has 2 heterocycles. The van der Waals surface area contributed by atoms with Gasteiger partial charge >= 0.3 is 0 Å². The van der Waals surface area contributed by atoms with Crippen molar-refractivity contribution in [1.82, 2.24) is 9.55 Å². The fourth-order valence-corrected chi connectivity index (χ4v) is 3.33. The highest BCUT2D eigenvalue weighted by Crippen LogP contribution is 2.56. The van der Waals surface area contributed by atoms with E-state index in [-0.39, 0.29) is 0 Å². The van der Waals surface area contributed by atoms with E-state index in [9.17, 15) is 0 Å². The number of hydrogen-bond acceptors (Lipinski definition) is 1. The molecule has 2 aromatic heterocycles. The topological polar surface area (TPSA) is 17.8 Å². The van der Waals surface area contributed by atoms with Crippen LogP contribution in [0, 0.1) is 17.8 Å². The molecule has 1 aliphatic rings. The maximum Gasteiger partial charge on any atom is 0.0884 e. The lowest BCUT2D eigenvalue weighted by Gasteiger charge is -2.03. The fourth-order valence-electron chi connectivity index (χ4n) is 3.33. The van der Waals surface area contributed by atoms with Crippen LogP contribution >= 0.6 is 0 Å². The van der Waals surface area contributed by atoms with E-state index in [4.69, 9.17) is 4.98 Å². The summed E-state index contributed by atoms with van der Waals surface area (Å²) in [5.41, 5.74) is 3.64. The van der Waals surface area contributed by atoms with E-state index in [2.05, 4.69) is 56.8 Å². The van der Waals surface area contributed by atoms with Gasteiger partial charge in [-0.15, -0.1) is 0 Å². The highest BCUT2D eigenvalue weighted by atomic mass is 14.9. The molecule has 0 saturated heterocycles. The number of aromatic nitrogens is 2. The van der Waals surface area contributed by atoms with Gasteiger partial charge in [0.1, 0.15) is 0 Å². The maximum absolute atomic E-state index is 4.82. The smallest absolute Gasteiger partial charge is 0.0884 e.